The summed E-state index contributed by atoms with van der Waals surface area (Å²) in [5.74, 6) is -0.501. The Bertz CT molecular complexity index is 1130. The van der Waals surface area contributed by atoms with Crippen LogP contribution in [0.1, 0.15) is 20.8 Å². The summed E-state index contributed by atoms with van der Waals surface area (Å²) in [6, 6.07) is 6.31. The van der Waals surface area contributed by atoms with Crippen LogP contribution < -0.4 is 16.2 Å². The average molecular weight is 435 g/mol. The summed E-state index contributed by atoms with van der Waals surface area (Å²) >= 11 is 7.07. The SMILES string of the molecule is CC(C)NC(=O)NC(=O)[C@@H](C)Sc1nc2c(cnn2-c2cccc(Cl)c2)c(=O)[nH]1. The number of fused-ring (bicyclic) bond motifs is 1. The minimum Gasteiger partial charge on any atom is -0.336 e. The zero-order chi connectivity index (χ0) is 21.1. The molecule has 0 aliphatic rings. The monoisotopic (exact) mass is 434 g/mol. The quantitative estimate of drug-likeness (QED) is 0.419. The van der Waals surface area contributed by atoms with Crippen molar-refractivity contribution >= 4 is 46.3 Å². The average Bonchev–Trinajstić information content (AvgIpc) is 3.05. The number of aromatic nitrogens is 4. The molecule has 0 aliphatic carbocycles. The first-order chi connectivity index (χ1) is 13.7. The minimum atomic E-state index is -0.670. The van der Waals surface area contributed by atoms with E-state index in [0.29, 0.717) is 21.7 Å². The predicted molar refractivity (Wildman–Crippen MR) is 112 cm³/mol. The third kappa shape index (κ3) is 4.96. The van der Waals surface area contributed by atoms with Crippen LogP contribution in [0, 0.1) is 0 Å². The summed E-state index contributed by atoms with van der Waals surface area (Å²) in [7, 11) is 0. The number of imide groups is 1. The molecule has 9 nitrogen and oxygen atoms in total. The molecule has 2 heterocycles. The largest absolute Gasteiger partial charge is 0.336 e. The van der Waals surface area contributed by atoms with E-state index < -0.39 is 17.2 Å². The van der Waals surface area contributed by atoms with Gasteiger partial charge in [-0.3, -0.25) is 14.9 Å². The van der Waals surface area contributed by atoms with E-state index in [1.165, 1.54) is 10.9 Å². The van der Waals surface area contributed by atoms with E-state index in [4.69, 9.17) is 11.6 Å². The molecule has 3 N–H and O–H groups in total. The molecule has 152 valence electrons. The van der Waals surface area contributed by atoms with Crippen molar-refractivity contribution in [3.05, 3.63) is 45.8 Å². The molecule has 0 fully saturated rings. The lowest BCUT2D eigenvalue weighted by Crippen LogP contribution is -2.45. The number of carbonyl (C=O) groups excluding carboxylic acids is 2. The van der Waals surface area contributed by atoms with Gasteiger partial charge in [-0.1, -0.05) is 29.4 Å². The number of halogens is 1. The fourth-order valence-electron chi connectivity index (χ4n) is 2.48. The Kier molecular flexibility index (Phi) is 6.23. The normalized spacial score (nSPS) is 12.2. The molecule has 0 aliphatic heterocycles. The van der Waals surface area contributed by atoms with Gasteiger partial charge in [-0.25, -0.2) is 14.5 Å². The van der Waals surface area contributed by atoms with Crippen molar-refractivity contribution in [2.24, 2.45) is 0 Å². The number of rotatable bonds is 5. The number of hydrogen-bond acceptors (Lipinski definition) is 6. The molecular formula is C18H19ClN6O3S. The highest BCUT2D eigenvalue weighted by Gasteiger charge is 2.20. The van der Waals surface area contributed by atoms with Gasteiger partial charge in [-0.05, 0) is 39.0 Å². The Hall–Kier alpha value is -2.85. The number of thioether (sulfide) groups is 1. The molecule has 0 saturated heterocycles. The molecule has 0 unspecified atom stereocenters. The van der Waals surface area contributed by atoms with Crippen LogP contribution in [0.4, 0.5) is 4.79 Å². The molecular weight excluding hydrogens is 416 g/mol. The van der Waals surface area contributed by atoms with E-state index in [1.54, 1.807) is 45.0 Å². The van der Waals surface area contributed by atoms with Gasteiger partial charge >= 0.3 is 6.03 Å². The lowest BCUT2D eigenvalue weighted by molar-refractivity contribution is -0.119. The minimum absolute atomic E-state index is 0.0991. The van der Waals surface area contributed by atoms with Gasteiger partial charge in [-0.2, -0.15) is 5.10 Å². The van der Waals surface area contributed by atoms with Gasteiger partial charge in [0, 0.05) is 11.1 Å². The molecule has 29 heavy (non-hydrogen) atoms. The summed E-state index contributed by atoms with van der Waals surface area (Å²) in [6.07, 6.45) is 1.42. The van der Waals surface area contributed by atoms with Gasteiger partial charge in [0.05, 0.1) is 17.1 Å². The number of urea groups is 1. The number of carbonyl (C=O) groups is 2. The number of nitrogens with zero attached hydrogens (tertiary/aromatic N) is 3. The van der Waals surface area contributed by atoms with Crippen molar-refractivity contribution in [2.75, 3.05) is 0 Å². The van der Waals surface area contributed by atoms with E-state index in [0.717, 1.165) is 11.8 Å². The molecule has 1 aromatic carbocycles. The third-order valence-electron chi connectivity index (χ3n) is 3.78. The Morgan fingerprint density at radius 3 is 2.72 bits per heavy atom. The molecule has 3 amide bonds. The molecule has 11 heteroatoms. The van der Waals surface area contributed by atoms with Crippen molar-refractivity contribution in [1.82, 2.24) is 30.4 Å². The maximum Gasteiger partial charge on any atom is 0.321 e. The van der Waals surface area contributed by atoms with E-state index in [1.807, 2.05) is 0 Å². The van der Waals surface area contributed by atoms with Crippen LogP contribution in [0.25, 0.3) is 16.7 Å². The summed E-state index contributed by atoms with van der Waals surface area (Å²) in [6.45, 7) is 5.19. The topological polar surface area (TPSA) is 122 Å². The van der Waals surface area contributed by atoms with Gasteiger partial charge in [0.25, 0.3) is 5.56 Å². The van der Waals surface area contributed by atoms with Crippen LogP contribution in [0.3, 0.4) is 0 Å². The molecule has 0 bridgehead atoms. The van der Waals surface area contributed by atoms with Gasteiger partial charge in [0.1, 0.15) is 5.39 Å². The lowest BCUT2D eigenvalue weighted by atomic mass is 10.3. The van der Waals surface area contributed by atoms with Crippen LogP contribution in [-0.4, -0.2) is 43.0 Å². The van der Waals surface area contributed by atoms with Gasteiger partial charge < -0.3 is 10.3 Å². The highest BCUT2D eigenvalue weighted by molar-refractivity contribution is 8.00. The molecule has 0 spiro atoms. The second-order valence-electron chi connectivity index (χ2n) is 6.52. The number of hydrogen-bond donors (Lipinski definition) is 3. The standard InChI is InChI=1S/C18H19ClN6O3S/c1-9(2)21-17(28)23-15(26)10(3)29-18-22-14-13(16(27)24-18)8-20-25(14)12-6-4-5-11(19)7-12/h4-10H,1-3H3,(H,22,24,27)(H2,21,23,26,28)/t10-/m1/s1. The molecule has 0 radical (unpaired) electrons. The highest BCUT2D eigenvalue weighted by atomic mass is 35.5. The lowest BCUT2D eigenvalue weighted by Gasteiger charge is -2.13. The fraction of sp³-hybridized carbons (Fsp3) is 0.278. The Balaban J connectivity index is 1.85. The van der Waals surface area contributed by atoms with Gasteiger partial charge in [-0.15, -0.1) is 0 Å². The zero-order valence-electron chi connectivity index (χ0n) is 15.9. The first-order valence-corrected chi connectivity index (χ1v) is 10.0. The smallest absolute Gasteiger partial charge is 0.321 e. The number of H-pyrrole nitrogens is 1. The Morgan fingerprint density at radius 1 is 1.28 bits per heavy atom. The zero-order valence-corrected chi connectivity index (χ0v) is 17.5. The van der Waals surface area contributed by atoms with E-state index in [-0.39, 0.29) is 16.8 Å². The number of nitrogens with one attached hydrogen (secondary N) is 3. The van der Waals surface area contributed by atoms with E-state index >= 15 is 0 Å². The maximum absolute atomic E-state index is 12.4. The summed E-state index contributed by atoms with van der Waals surface area (Å²) in [5.41, 5.74) is 0.609. The maximum atomic E-state index is 12.4. The fourth-order valence-corrected chi connectivity index (χ4v) is 3.46. The van der Waals surface area contributed by atoms with Crippen LogP contribution in [-0.2, 0) is 4.79 Å². The first kappa shape index (κ1) is 20.9. The molecule has 1 atom stereocenters. The second-order valence-corrected chi connectivity index (χ2v) is 8.29. The van der Waals surface area contributed by atoms with Crippen molar-refractivity contribution in [2.45, 2.75) is 37.2 Å². The number of aromatic amines is 1. The van der Waals surface area contributed by atoms with Crippen molar-refractivity contribution < 1.29 is 9.59 Å². The van der Waals surface area contributed by atoms with Crippen molar-refractivity contribution in [3.63, 3.8) is 0 Å². The molecule has 2 aromatic heterocycles. The van der Waals surface area contributed by atoms with Crippen molar-refractivity contribution in [3.8, 4) is 5.69 Å². The Morgan fingerprint density at radius 2 is 2.03 bits per heavy atom. The first-order valence-electron chi connectivity index (χ1n) is 8.76. The summed E-state index contributed by atoms with van der Waals surface area (Å²) in [5, 5.41) is 9.46. The van der Waals surface area contributed by atoms with Gasteiger partial charge in [0.15, 0.2) is 10.8 Å². The highest BCUT2D eigenvalue weighted by Crippen LogP contribution is 2.22. The van der Waals surface area contributed by atoms with Crippen LogP contribution in [0.5, 0.6) is 0 Å². The number of benzene rings is 1. The summed E-state index contributed by atoms with van der Waals surface area (Å²) in [4.78, 5) is 43.4. The predicted octanol–water partition coefficient (Wildman–Crippen LogP) is 2.48. The summed E-state index contributed by atoms with van der Waals surface area (Å²) < 4.78 is 1.50. The number of amides is 3. The molecule has 0 saturated carbocycles. The van der Waals surface area contributed by atoms with E-state index in [2.05, 4.69) is 25.7 Å². The second kappa shape index (κ2) is 8.66. The van der Waals surface area contributed by atoms with Crippen LogP contribution in [0.15, 0.2) is 40.4 Å². The van der Waals surface area contributed by atoms with Crippen LogP contribution >= 0.6 is 23.4 Å². The molecule has 3 aromatic rings. The van der Waals surface area contributed by atoms with Crippen LogP contribution in [0.2, 0.25) is 5.02 Å². The third-order valence-corrected chi connectivity index (χ3v) is 5.00. The van der Waals surface area contributed by atoms with E-state index in [9.17, 15) is 14.4 Å². The molecule has 3 rings (SSSR count). The van der Waals surface area contributed by atoms with Crippen molar-refractivity contribution in [1.29, 1.82) is 0 Å². The van der Waals surface area contributed by atoms with Gasteiger partial charge in [0.2, 0.25) is 5.91 Å². The Labute approximate surface area is 175 Å².